The molecule has 2 aromatic carbocycles. The molecule has 8 nitrogen and oxygen atoms in total. The Labute approximate surface area is 176 Å². The van der Waals surface area contributed by atoms with E-state index >= 15 is 0 Å². The predicted octanol–water partition coefficient (Wildman–Crippen LogP) is 2.75. The van der Waals surface area contributed by atoms with Gasteiger partial charge < -0.3 is 14.8 Å². The lowest BCUT2D eigenvalue weighted by molar-refractivity contribution is -0.118. The van der Waals surface area contributed by atoms with Crippen LogP contribution in [0.1, 0.15) is 15.9 Å². The van der Waals surface area contributed by atoms with Crippen LogP contribution in [0.3, 0.4) is 0 Å². The highest BCUT2D eigenvalue weighted by Gasteiger charge is 2.17. The molecular formula is C21H18N4O4S. The number of rotatable bonds is 4. The zero-order chi connectivity index (χ0) is 21.1. The molecule has 1 aliphatic rings. The van der Waals surface area contributed by atoms with Crippen LogP contribution in [0, 0.1) is 0 Å². The van der Waals surface area contributed by atoms with Gasteiger partial charge >= 0.3 is 5.97 Å². The standard InChI is InChI=1S/C21H18N4O4S/c1-22-21-25(23-10-13-3-5-14(6-4-13)20(27)28-2)17(12-30-21)15-7-8-18-16(9-15)24-19(26)11-29-18/h3-10,12H,11H2,1-2H3,(H,24,26). The first-order chi connectivity index (χ1) is 14.6. The third kappa shape index (κ3) is 3.87. The number of anilines is 1. The van der Waals surface area contributed by atoms with E-state index in [4.69, 9.17) is 9.47 Å². The number of hydrogen-bond acceptors (Lipinski definition) is 7. The second-order valence-electron chi connectivity index (χ2n) is 6.34. The number of carbonyl (C=O) groups is 2. The second-order valence-corrected chi connectivity index (χ2v) is 7.18. The van der Waals surface area contributed by atoms with Crippen molar-refractivity contribution in [3.8, 4) is 17.0 Å². The maximum Gasteiger partial charge on any atom is 0.337 e. The molecule has 0 fully saturated rings. The zero-order valence-electron chi connectivity index (χ0n) is 16.3. The molecule has 1 aliphatic heterocycles. The molecule has 0 saturated carbocycles. The van der Waals surface area contributed by atoms with Gasteiger partial charge in [-0.15, -0.1) is 11.3 Å². The number of nitrogens with one attached hydrogen (secondary N) is 1. The van der Waals surface area contributed by atoms with Gasteiger partial charge in [-0.05, 0) is 35.9 Å². The van der Waals surface area contributed by atoms with Crippen LogP contribution in [0.5, 0.6) is 5.75 Å². The quantitative estimate of drug-likeness (QED) is 0.517. The van der Waals surface area contributed by atoms with Gasteiger partial charge in [-0.1, -0.05) is 12.1 Å². The van der Waals surface area contributed by atoms with E-state index < -0.39 is 0 Å². The van der Waals surface area contributed by atoms with Crippen LogP contribution in [0.25, 0.3) is 11.3 Å². The van der Waals surface area contributed by atoms with E-state index in [0.29, 0.717) is 21.8 Å². The highest BCUT2D eigenvalue weighted by Crippen LogP contribution is 2.32. The first kappa shape index (κ1) is 19.6. The molecule has 1 aromatic heterocycles. The van der Waals surface area contributed by atoms with Crippen LogP contribution in [-0.4, -0.2) is 43.5 Å². The van der Waals surface area contributed by atoms with E-state index in [1.807, 2.05) is 23.6 Å². The first-order valence-corrected chi connectivity index (χ1v) is 9.90. The van der Waals surface area contributed by atoms with Gasteiger partial charge in [0.05, 0.1) is 30.3 Å². The molecule has 0 unspecified atom stereocenters. The van der Waals surface area contributed by atoms with Gasteiger partial charge in [-0.2, -0.15) is 5.10 Å². The van der Waals surface area contributed by atoms with Crippen LogP contribution in [0.15, 0.2) is 57.9 Å². The minimum absolute atomic E-state index is 0.0166. The van der Waals surface area contributed by atoms with Crippen LogP contribution >= 0.6 is 11.3 Å². The fourth-order valence-electron chi connectivity index (χ4n) is 2.95. The number of benzene rings is 2. The number of fused-ring (bicyclic) bond motifs is 1. The van der Waals surface area contributed by atoms with Crippen molar-refractivity contribution in [2.75, 3.05) is 26.1 Å². The van der Waals surface area contributed by atoms with Gasteiger partial charge in [0.1, 0.15) is 5.75 Å². The molecule has 1 amide bonds. The Balaban J connectivity index is 1.68. The fourth-order valence-corrected chi connectivity index (χ4v) is 3.75. The maximum absolute atomic E-state index is 11.6. The summed E-state index contributed by atoms with van der Waals surface area (Å²) in [5.41, 5.74) is 3.61. The van der Waals surface area contributed by atoms with Gasteiger partial charge in [0.15, 0.2) is 6.61 Å². The summed E-state index contributed by atoms with van der Waals surface area (Å²) in [6.07, 6.45) is 1.69. The lowest BCUT2D eigenvalue weighted by Crippen LogP contribution is -2.25. The summed E-state index contributed by atoms with van der Waals surface area (Å²) in [5, 5.41) is 9.35. The van der Waals surface area contributed by atoms with Crippen molar-refractivity contribution in [3.63, 3.8) is 0 Å². The average Bonchev–Trinajstić information content (AvgIpc) is 3.19. The van der Waals surface area contributed by atoms with Crippen molar-refractivity contribution in [1.29, 1.82) is 0 Å². The van der Waals surface area contributed by atoms with Gasteiger partial charge in [0, 0.05) is 18.0 Å². The molecular weight excluding hydrogens is 404 g/mol. The number of aromatic nitrogens is 1. The normalized spacial score (nSPS) is 13.7. The van der Waals surface area contributed by atoms with Crippen LogP contribution < -0.4 is 14.9 Å². The third-order valence-electron chi connectivity index (χ3n) is 4.44. The minimum Gasteiger partial charge on any atom is -0.482 e. The molecule has 0 spiro atoms. The minimum atomic E-state index is -0.386. The number of hydrogen-bond donors (Lipinski definition) is 1. The molecule has 3 aromatic rings. The lowest BCUT2D eigenvalue weighted by Gasteiger charge is -2.18. The van der Waals surface area contributed by atoms with E-state index in [-0.39, 0.29) is 18.5 Å². The maximum atomic E-state index is 11.6. The highest BCUT2D eigenvalue weighted by atomic mass is 32.1. The Morgan fingerprint density at radius 2 is 2.07 bits per heavy atom. The zero-order valence-corrected chi connectivity index (χ0v) is 17.1. The van der Waals surface area contributed by atoms with Gasteiger partial charge in [-0.25, -0.2) is 9.47 Å². The van der Waals surface area contributed by atoms with Crippen molar-refractivity contribution in [2.24, 2.45) is 10.1 Å². The molecule has 9 heteroatoms. The average molecular weight is 422 g/mol. The van der Waals surface area contributed by atoms with E-state index in [2.05, 4.69) is 15.4 Å². The topological polar surface area (TPSA) is 94.3 Å². The summed E-state index contributed by atoms with van der Waals surface area (Å²) in [5.74, 6) is 0.0637. The molecule has 0 atom stereocenters. The second kappa shape index (κ2) is 8.34. The Morgan fingerprint density at radius 3 is 2.80 bits per heavy atom. The number of ether oxygens (including phenoxy) is 2. The molecule has 0 bridgehead atoms. The molecule has 4 rings (SSSR count). The number of esters is 1. The molecule has 1 N–H and O–H groups in total. The van der Waals surface area contributed by atoms with E-state index in [9.17, 15) is 9.59 Å². The Bertz CT molecular complexity index is 1210. The molecule has 0 aliphatic carbocycles. The summed E-state index contributed by atoms with van der Waals surface area (Å²) in [6.45, 7) is 0.0166. The molecule has 30 heavy (non-hydrogen) atoms. The van der Waals surface area contributed by atoms with Crippen LogP contribution in [-0.2, 0) is 9.53 Å². The van der Waals surface area contributed by atoms with Crippen molar-refractivity contribution in [3.05, 3.63) is 63.8 Å². The van der Waals surface area contributed by atoms with Crippen LogP contribution in [0.2, 0.25) is 0 Å². The van der Waals surface area contributed by atoms with E-state index in [1.165, 1.54) is 18.4 Å². The molecule has 2 heterocycles. The number of thiazole rings is 1. The van der Waals surface area contributed by atoms with E-state index in [1.54, 1.807) is 42.2 Å². The Kier molecular flexibility index (Phi) is 5.44. The first-order valence-electron chi connectivity index (χ1n) is 9.02. The van der Waals surface area contributed by atoms with Gasteiger partial charge in [-0.3, -0.25) is 9.79 Å². The smallest absolute Gasteiger partial charge is 0.337 e. The Hall–Kier alpha value is -3.72. The molecule has 0 radical (unpaired) electrons. The van der Waals surface area contributed by atoms with Crippen molar-refractivity contribution >= 4 is 35.1 Å². The number of nitrogens with zero attached hydrogens (tertiary/aromatic N) is 3. The third-order valence-corrected chi connectivity index (χ3v) is 5.35. The van der Waals surface area contributed by atoms with Crippen LogP contribution in [0.4, 0.5) is 5.69 Å². The number of carbonyl (C=O) groups excluding carboxylic acids is 2. The summed E-state index contributed by atoms with van der Waals surface area (Å²) < 4.78 is 11.9. The van der Waals surface area contributed by atoms with Gasteiger partial charge in [0.25, 0.3) is 5.91 Å². The predicted molar refractivity (Wildman–Crippen MR) is 114 cm³/mol. The number of methoxy groups -OCH3 is 1. The highest BCUT2D eigenvalue weighted by molar-refractivity contribution is 7.07. The monoisotopic (exact) mass is 422 g/mol. The van der Waals surface area contributed by atoms with E-state index in [0.717, 1.165) is 16.8 Å². The summed E-state index contributed by atoms with van der Waals surface area (Å²) in [4.78, 5) is 28.2. The summed E-state index contributed by atoms with van der Waals surface area (Å²) >= 11 is 1.46. The summed E-state index contributed by atoms with van der Waals surface area (Å²) in [6, 6.07) is 12.5. The fraction of sp³-hybridized carbons (Fsp3) is 0.143. The Morgan fingerprint density at radius 1 is 1.27 bits per heavy atom. The van der Waals surface area contributed by atoms with Crippen molar-refractivity contribution in [1.82, 2.24) is 4.68 Å². The summed E-state index contributed by atoms with van der Waals surface area (Å²) in [7, 11) is 3.05. The lowest BCUT2D eigenvalue weighted by atomic mass is 10.1. The molecule has 152 valence electrons. The number of amides is 1. The van der Waals surface area contributed by atoms with Gasteiger partial charge in [0.2, 0.25) is 4.80 Å². The van der Waals surface area contributed by atoms with Crippen molar-refractivity contribution in [2.45, 2.75) is 0 Å². The SMILES string of the molecule is CN=c1scc(-c2ccc3c(c2)NC(=O)CO3)n1N=Cc1ccc(C(=O)OC)cc1. The van der Waals surface area contributed by atoms with Crippen molar-refractivity contribution < 1.29 is 19.1 Å². The molecule has 0 saturated heterocycles. The largest absolute Gasteiger partial charge is 0.482 e.